The lowest BCUT2D eigenvalue weighted by Crippen LogP contribution is -2.34. The molecule has 0 bridgehead atoms. The number of ether oxygens (including phenoxy) is 1. The lowest BCUT2D eigenvalue weighted by Gasteiger charge is -2.24. The molecule has 1 atom stereocenters. The molecular weight excluding hydrogens is 520 g/mol. The van der Waals surface area contributed by atoms with E-state index in [0.717, 1.165) is 18.7 Å². The van der Waals surface area contributed by atoms with E-state index in [9.17, 15) is 22.4 Å². The molecule has 1 heterocycles. The van der Waals surface area contributed by atoms with E-state index < -0.39 is 30.2 Å². The first kappa shape index (κ1) is 31.6. The van der Waals surface area contributed by atoms with Gasteiger partial charge in [-0.25, -0.2) is 9.37 Å². The van der Waals surface area contributed by atoms with Gasteiger partial charge in [-0.05, 0) is 44.7 Å². The maximum Gasteiger partial charge on any atom is 0.417 e. The summed E-state index contributed by atoms with van der Waals surface area (Å²) in [5.74, 6) is 0.499. The number of carbonyl (C=O) groups excluding carboxylic acids is 1. The van der Waals surface area contributed by atoms with Gasteiger partial charge in [0.15, 0.2) is 0 Å². The zero-order valence-electron chi connectivity index (χ0n) is 21.9. The van der Waals surface area contributed by atoms with Gasteiger partial charge in [0, 0.05) is 35.8 Å². The molecule has 1 aromatic heterocycles. The summed E-state index contributed by atoms with van der Waals surface area (Å²) in [6, 6.07) is 0.961. The molecule has 0 aliphatic heterocycles. The third-order valence-electron chi connectivity index (χ3n) is 5.69. The van der Waals surface area contributed by atoms with Crippen molar-refractivity contribution in [2.75, 3.05) is 45.6 Å². The van der Waals surface area contributed by atoms with Crippen molar-refractivity contribution in [1.29, 1.82) is 0 Å². The number of alkyl halides is 4. The minimum atomic E-state index is -4.72. The Balaban J connectivity index is 2.25. The first-order valence-corrected chi connectivity index (χ1v) is 13.6. The second kappa shape index (κ2) is 15.1. The molecule has 38 heavy (non-hydrogen) atoms. The standard InChI is InChI=1S/C27H36F4N4O2S/c1-6-23-24(19(3)33-21(15-28)11-13-35(4)17-38-5)14-20(34-26(23)18(2)27(29,30)31)8-7-12-32-25(36)16-37-22-9-10-22/h6-8,14,21-22,33H,1-3,9-13,15-17H2,4-5H3,(H,32,36)/b8-7+. The van der Waals surface area contributed by atoms with Crippen molar-refractivity contribution in [2.24, 2.45) is 0 Å². The quantitative estimate of drug-likeness (QED) is 0.204. The number of nitrogens with one attached hydrogen (secondary N) is 2. The summed E-state index contributed by atoms with van der Waals surface area (Å²) in [6.07, 6.45) is 4.09. The Morgan fingerprint density at radius 3 is 2.66 bits per heavy atom. The van der Waals surface area contributed by atoms with Crippen molar-refractivity contribution in [2.45, 2.75) is 37.6 Å². The average Bonchev–Trinajstić information content (AvgIpc) is 3.71. The number of pyridine rings is 1. The first-order valence-electron chi connectivity index (χ1n) is 12.2. The molecule has 1 aliphatic rings. The van der Waals surface area contributed by atoms with Crippen LogP contribution < -0.4 is 10.6 Å². The second-order valence-corrected chi connectivity index (χ2v) is 9.85. The molecule has 210 valence electrons. The number of allylic oxidation sites excluding steroid dienone is 1. The van der Waals surface area contributed by atoms with Crippen molar-refractivity contribution in [1.82, 2.24) is 20.5 Å². The van der Waals surface area contributed by atoms with Gasteiger partial charge in [-0.1, -0.05) is 31.9 Å². The molecule has 2 rings (SSSR count). The van der Waals surface area contributed by atoms with Gasteiger partial charge in [-0.15, -0.1) is 11.8 Å². The monoisotopic (exact) mass is 556 g/mol. The molecule has 0 aromatic carbocycles. The van der Waals surface area contributed by atoms with Crippen LogP contribution in [0.1, 0.15) is 41.8 Å². The summed E-state index contributed by atoms with van der Waals surface area (Å²) in [5, 5.41) is 5.67. The van der Waals surface area contributed by atoms with Crippen LogP contribution in [-0.2, 0) is 9.53 Å². The lowest BCUT2D eigenvalue weighted by molar-refractivity contribution is -0.125. The molecular formula is C27H36F4N4O2S. The van der Waals surface area contributed by atoms with Crippen LogP contribution in [0, 0.1) is 0 Å². The van der Waals surface area contributed by atoms with Gasteiger partial charge >= 0.3 is 6.18 Å². The molecule has 1 fully saturated rings. The number of hydrogen-bond donors (Lipinski definition) is 2. The molecule has 1 unspecified atom stereocenters. The highest BCUT2D eigenvalue weighted by Gasteiger charge is 2.35. The summed E-state index contributed by atoms with van der Waals surface area (Å²) in [6.45, 7) is 10.9. The summed E-state index contributed by atoms with van der Waals surface area (Å²) in [4.78, 5) is 18.0. The molecule has 1 saturated carbocycles. The van der Waals surface area contributed by atoms with Crippen LogP contribution in [0.25, 0.3) is 23.4 Å². The Kier molecular flexibility index (Phi) is 12.5. The SMILES string of the molecule is C=Cc1c(C(=C)NC(CF)CCN(C)CSC)cc(/C=C/CNC(=O)COC2CC2)nc1C(=C)C(F)(F)F. The van der Waals surface area contributed by atoms with E-state index in [1.165, 1.54) is 12.2 Å². The number of rotatable bonds is 17. The number of nitrogens with zero attached hydrogens (tertiary/aromatic N) is 2. The largest absolute Gasteiger partial charge is 0.417 e. The van der Waals surface area contributed by atoms with Crippen molar-refractivity contribution in [3.8, 4) is 0 Å². The van der Waals surface area contributed by atoms with E-state index in [2.05, 4.69) is 35.4 Å². The van der Waals surface area contributed by atoms with Gasteiger partial charge in [-0.3, -0.25) is 9.69 Å². The summed E-state index contributed by atoms with van der Waals surface area (Å²) in [5.41, 5.74) is -0.714. The van der Waals surface area contributed by atoms with Gasteiger partial charge in [-0.2, -0.15) is 13.2 Å². The van der Waals surface area contributed by atoms with Gasteiger partial charge in [0.1, 0.15) is 13.3 Å². The molecule has 6 nitrogen and oxygen atoms in total. The van der Waals surface area contributed by atoms with Crippen LogP contribution in [0.15, 0.2) is 31.9 Å². The summed E-state index contributed by atoms with van der Waals surface area (Å²) in [7, 11) is 1.93. The normalized spacial score (nSPS) is 14.5. The van der Waals surface area contributed by atoms with Crippen molar-refractivity contribution in [3.05, 3.63) is 54.4 Å². The molecule has 2 N–H and O–H groups in total. The fourth-order valence-corrected chi connectivity index (χ4v) is 4.06. The number of carbonyl (C=O) groups is 1. The molecule has 1 amide bonds. The predicted octanol–water partition coefficient (Wildman–Crippen LogP) is 5.15. The third kappa shape index (κ3) is 10.3. The minimum Gasteiger partial charge on any atom is -0.380 e. The Bertz CT molecular complexity index is 1030. The van der Waals surface area contributed by atoms with E-state index in [1.807, 2.05) is 18.2 Å². The van der Waals surface area contributed by atoms with Crippen molar-refractivity contribution in [3.63, 3.8) is 0 Å². The van der Waals surface area contributed by atoms with Gasteiger partial charge in [0.2, 0.25) is 5.91 Å². The number of aromatic nitrogens is 1. The van der Waals surface area contributed by atoms with Crippen LogP contribution in [0.4, 0.5) is 17.6 Å². The van der Waals surface area contributed by atoms with E-state index in [-0.39, 0.29) is 42.1 Å². The lowest BCUT2D eigenvalue weighted by atomic mass is 9.97. The molecule has 0 radical (unpaired) electrons. The van der Waals surface area contributed by atoms with E-state index in [1.54, 1.807) is 23.9 Å². The zero-order chi connectivity index (χ0) is 28.3. The highest BCUT2D eigenvalue weighted by molar-refractivity contribution is 7.98. The summed E-state index contributed by atoms with van der Waals surface area (Å²) < 4.78 is 59.9. The van der Waals surface area contributed by atoms with E-state index >= 15 is 0 Å². The van der Waals surface area contributed by atoms with E-state index in [0.29, 0.717) is 18.5 Å². The predicted molar refractivity (Wildman–Crippen MR) is 148 cm³/mol. The highest BCUT2D eigenvalue weighted by Crippen LogP contribution is 2.36. The van der Waals surface area contributed by atoms with Crippen LogP contribution in [0.3, 0.4) is 0 Å². The summed E-state index contributed by atoms with van der Waals surface area (Å²) >= 11 is 1.65. The Morgan fingerprint density at radius 1 is 1.37 bits per heavy atom. The van der Waals surface area contributed by atoms with Crippen molar-refractivity contribution < 1.29 is 27.1 Å². The average molecular weight is 557 g/mol. The highest BCUT2D eigenvalue weighted by atomic mass is 32.2. The van der Waals surface area contributed by atoms with Crippen molar-refractivity contribution >= 4 is 41.1 Å². The minimum absolute atomic E-state index is 0.0429. The maximum absolute atomic E-state index is 13.8. The maximum atomic E-state index is 13.8. The number of thioether (sulfide) groups is 1. The topological polar surface area (TPSA) is 66.5 Å². The number of halogens is 4. The third-order valence-corrected chi connectivity index (χ3v) is 6.39. The van der Waals surface area contributed by atoms with Crippen LogP contribution in [0.2, 0.25) is 0 Å². The Morgan fingerprint density at radius 2 is 2.08 bits per heavy atom. The smallest absolute Gasteiger partial charge is 0.380 e. The fraction of sp³-hybridized carbons (Fsp3) is 0.481. The Labute approximate surface area is 226 Å². The molecule has 11 heteroatoms. The molecule has 1 aliphatic carbocycles. The first-order chi connectivity index (χ1) is 18.0. The van der Waals surface area contributed by atoms with Gasteiger partial charge in [0.05, 0.1) is 29.1 Å². The van der Waals surface area contributed by atoms with Gasteiger partial charge in [0.25, 0.3) is 0 Å². The molecule has 0 saturated heterocycles. The second-order valence-electron chi connectivity index (χ2n) is 9.01. The number of amides is 1. The van der Waals surface area contributed by atoms with Crippen LogP contribution in [-0.4, -0.2) is 79.7 Å². The van der Waals surface area contributed by atoms with Crippen LogP contribution >= 0.6 is 11.8 Å². The number of hydrogen-bond acceptors (Lipinski definition) is 6. The Hall–Kier alpha value is -2.63. The van der Waals surface area contributed by atoms with Gasteiger partial charge < -0.3 is 15.4 Å². The molecule has 1 aromatic rings. The molecule has 0 spiro atoms. The zero-order valence-corrected chi connectivity index (χ0v) is 22.7. The fourth-order valence-electron chi connectivity index (χ4n) is 3.49. The van der Waals surface area contributed by atoms with E-state index in [4.69, 9.17) is 4.74 Å². The van der Waals surface area contributed by atoms with Crippen LogP contribution in [0.5, 0.6) is 0 Å².